The largest absolute Gasteiger partial charge is 0.478 e. The summed E-state index contributed by atoms with van der Waals surface area (Å²) < 4.78 is 0. The Balaban J connectivity index is 1.78. The number of carboxylic acids is 1. The maximum absolute atomic E-state index is 11.5. The Morgan fingerprint density at radius 1 is 1.19 bits per heavy atom. The fraction of sp³-hybridized carbons (Fsp3) is 0.647. The molecule has 0 amide bonds. The van der Waals surface area contributed by atoms with E-state index in [1.807, 2.05) is 6.92 Å². The maximum atomic E-state index is 11.5. The molecule has 4 heteroatoms. The summed E-state index contributed by atoms with van der Waals surface area (Å²) in [6.07, 6.45) is 10.9. The Kier molecular flexibility index (Phi) is 3.87. The minimum absolute atomic E-state index is 0.372. The number of aromatic nitrogens is 1. The topological polar surface area (TPSA) is 53.4 Å². The van der Waals surface area contributed by atoms with Gasteiger partial charge in [-0.15, -0.1) is 0 Å². The molecule has 1 aliphatic heterocycles. The van der Waals surface area contributed by atoms with E-state index >= 15 is 0 Å². The van der Waals surface area contributed by atoms with Crippen LogP contribution in [-0.4, -0.2) is 29.1 Å². The minimum atomic E-state index is -0.867. The van der Waals surface area contributed by atoms with Gasteiger partial charge >= 0.3 is 5.97 Å². The van der Waals surface area contributed by atoms with Gasteiger partial charge in [-0.05, 0) is 49.7 Å². The van der Waals surface area contributed by atoms with Gasteiger partial charge in [-0.2, -0.15) is 0 Å². The zero-order valence-corrected chi connectivity index (χ0v) is 12.8. The second-order valence-corrected chi connectivity index (χ2v) is 6.68. The number of nitrogens with zero attached hydrogens (tertiary/aromatic N) is 2. The zero-order valence-electron chi connectivity index (χ0n) is 12.8. The molecule has 3 rings (SSSR count). The highest BCUT2D eigenvalue weighted by Crippen LogP contribution is 2.45. The summed E-state index contributed by atoms with van der Waals surface area (Å²) in [6, 6.07) is 1.78. The van der Waals surface area contributed by atoms with E-state index in [1.165, 1.54) is 44.9 Å². The molecule has 1 N–H and O–H groups in total. The molecule has 2 aliphatic rings. The molecule has 0 aromatic carbocycles. The third kappa shape index (κ3) is 2.76. The number of carbonyl (C=O) groups is 1. The number of piperidine rings is 1. The van der Waals surface area contributed by atoms with Crippen LogP contribution in [0, 0.1) is 12.3 Å². The highest BCUT2D eigenvalue weighted by Gasteiger charge is 2.36. The number of hydrogen-bond acceptors (Lipinski definition) is 3. The van der Waals surface area contributed by atoms with Crippen LogP contribution in [0.4, 0.5) is 5.82 Å². The lowest BCUT2D eigenvalue weighted by Crippen LogP contribution is -2.42. The first-order valence-corrected chi connectivity index (χ1v) is 8.05. The summed E-state index contributed by atoms with van der Waals surface area (Å²) in [5.41, 5.74) is 1.70. The molecular weight excluding hydrogens is 264 g/mol. The van der Waals surface area contributed by atoms with Crippen LogP contribution in [-0.2, 0) is 0 Å². The van der Waals surface area contributed by atoms with E-state index in [-0.39, 0.29) is 0 Å². The summed E-state index contributed by atoms with van der Waals surface area (Å²) in [6.45, 7) is 3.73. The molecule has 0 bridgehead atoms. The van der Waals surface area contributed by atoms with Crippen molar-refractivity contribution in [3.8, 4) is 0 Å². The van der Waals surface area contributed by atoms with Crippen LogP contribution in [0.5, 0.6) is 0 Å². The van der Waals surface area contributed by atoms with Gasteiger partial charge in [0.1, 0.15) is 11.4 Å². The molecule has 21 heavy (non-hydrogen) atoms. The molecule has 2 heterocycles. The number of hydrogen-bond donors (Lipinski definition) is 1. The van der Waals surface area contributed by atoms with Crippen molar-refractivity contribution < 1.29 is 9.90 Å². The van der Waals surface area contributed by atoms with Crippen LogP contribution in [0.25, 0.3) is 0 Å². The zero-order chi connectivity index (χ0) is 14.9. The van der Waals surface area contributed by atoms with E-state index in [9.17, 15) is 9.90 Å². The van der Waals surface area contributed by atoms with Crippen molar-refractivity contribution in [1.29, 1.82) is 0 Å². The van der Waals surface area contributed by atoms with Gasteiger partial charge in [0.05, 0.1) is 0 Å². The molecule has 1 aliphatic carbocycles. The van der Waals surface area contributed by atoms with E-state index in [0.29, 0.717) is 16.8 Å². The quantitative estimate of drug-likeness (QED) is 0.902. The molecular formula is C17H24N2O2. The molecule has 0 atom stereocenters. The van der Waals surface area contributed by atoms with Gasteiger partial charge in [0.15, 0.2) is 0 Å². The van der Waals surface area contributed by atoms with Crippen LogP contribution in [0.3, 0.4) is 0 Å². The third-order valence-electron chi connectivity index (χ3n) is 5.39. The first-order valence-electron chi connectivity index (χ1n) is 8.05. The molecule has 1 saturated heterocycles. The van der Waals surface area contributed by atoms with Crippen molar-refractivity contribution in [2.75, 3.05) is 18.0 Å². The number of aryl methyl sites for hydroxylation is 1. The Morgan fingerprint density at radius 2 is 1.86 bits per heavy atom. The monoisotopic (exact) mass is 288 g/mol. The smallest absolute Gasteiger partial charge is 0.339 e. The minimum Gasteiger partial charge on any atom is -0.478 e. The van der Waals surface area contributed by atoms with Crippen molar-refractivity contribution in [1.82, 2.24) is 4.98 Å². The standard InChI is InChI=1S/C17H24N2O2/c1-13-5-10-18-15(14(13)16(20)21)19-11-8-17(9-12-19)6-3-2-4-7-17/h5,10H,2-4,6-9,11-12H2,1H3,(H,20,21). The van der Waals surface area contributed by atoms with Crippen molar-refractivity contribution in [3.05, 3.63) is 23.4 Å². The Morgan fingerprint density at radius 3 is 2.48 bits per heavy atom. The average molecular weight is 288 g/mol. The lowest BCUT2D eigenvalue weighted by Gasteiger charge is -2.44. The molecule has 2 fully saturated rings. The second kappa shape index (κ2) is 5.66. The van der Waals surface area contributed by atoms with Crippen molar-refractivity contribution in [2.24, 2.45) is 5.41 Å². The molecule has 1 aromatic heterocycles. The number of pyridine rings is 1. The van der Waals surface area contributed by atoms with Crippen LogP contribution < -0.4 is 4.90 Å². The average Bonchev–Trinajstić information content (AvgIpc) is 2.48. The number of rotatable bonds is 2. The Hall–Kier alpha value is -1.58. The van der Waals surface area contributed by atoms with Gasteiger partial charge in [-0.1, -0.05) is 19.3 Å². The van der Waals surface area contributed by atoms with Gasteiger partial charge in [0.25, 0.3) is 0 Å². The van der Waals surface area contributed by atoms with Crippen LogP contribution >= 0.6 is 0 Å². The van der Waals surface area contributed by atoms with Crippen molar-refractivity contribution >= 4 is 11.8 Å². The predicted molar refractivity (Wildman–Crippen MR) is 82.9 cm³/mol. The SMILES string of the molecule is Cc1ccnc(N2CCC3(CCCCC3)CC2)c1C(=O)O. The molecule has 114 valence electrons. The van der Waals surface area contributed by atoms with Crippen LogP contribution in [0.15, 0.2) is 12.3 Å². The fourth-order valence-electron chi connectivity index (χ4n) is 4.04. The van der Waals surface area contributed by atoms with Crippen molar-refractivity contribution in [3.63, 3.8) is 0 Å². The number of aromatic carboxylic acids is 1. The van der Waals surface area contributed by atoms with E-state index in [2.05, 4.69) is 9.88 Å². The summed E-state index contributed by atoms with van der Waals surface area (Å²) in [5.74, 6) is -0.207. The van der Waals surface area contributed by atoms with E-state index in [1.54, 1.807) is 12.3 Å². The Bertz CT molecular complexity index is 526. The molecule has 1 saturated carbocycles. The van der Waals surface area contributed by atoms with Crippen LogP contribution in [0.1, 0.15) is 60.9 Å². The molecule has 0 unspecified atom stereocenters. The lowest BCUT2D eigenvalue weighted by molar-refractivity contribution is 0.0696. The van der Waals surface area contributed by atoms with Gasteiger partial charge < -0.3 is 10.0 Å². The predicted octanol–water partition coefficient (Wildman–Crippen LogP) is 3.64. The summed E-state index contributed by atoms with van der Waals surface area (Å²) >= 11 is 0. The summed E-state index contributed by atoms with van der Waals surface area (Å²) in [4.78, 5) is 18.1. The van der Waals surface area contributed by atoms with Gasteiger partial charge in [0.2, 0.25) is 0 Å². The summed E-state index contributed by atoms with van der Waals surface area (Å²) in [7, 11) is 0. The normalized spacial score (nSPS) is 21.5. The van der Waals surface area contributed by atoms with Gasteiger partial charge in [0, 0.05) is 19.3 Å². The Labute approximate surface area is 126 Å². The molecule has 0 radical (unpaired) electrons. The highest BCUT2D eigenvalue weighted by molar-refractivity contribution is 5.95. The third-order valence-corrected chi connectivity index (χ3v) is 5.39. The van der Waals surface area contributed by atoms with E-state index in [0.717, 1.165) is 18.7 Å². The lowest BCUT2D eigenvalue weighted by atomic mass is 9.68. The highest BCUT2D eigenvalue weighted by atomic mass is 16.4. The van der Waals surface area contributed by atoms with Gasteiger partial charge in [-0.3, -0.25) is 0 Å². The number of anilines is 1. The first kappa shape index (κ1) is 14.4. The fourth-order valence-corrected chi connectivity index (χ4v) is 4.04. The van der Waals surface area contributed by atoms with E-state index < -0.39 is 5.97 Å². The number of carboxylic acid groups (broad SMARTS) is 1. The van der Waals surface area contributed by atoms with Crippen molar-refractivity contribution in [2.45, 2.75) is 51.9 Å². The molecule has 1 spiro atoms. The van der Waals surface area contributed by atoms with Crippen LogP contribution in [0.2, 0.25) is 0 Å². The maximum Gasteiger partial charge on any atom is 0.339 e. The molecule has 4 nitrogen and oxygen atoms in total. The van der Waals surface area contributed by atoms with E-state index in [4.69, 9.17) is 0 Å². The molecule has 1 aromatic rings. The second-order valence-electron chi connectivity index (χ2n) is 6.68. The first-order chi connectivity index (χ1) is 10.1. The summed E-state index contributed by atoms with van der Waals surface area (Å²) in [5, 5.41) is 9.45. The van der Waals surface area contributed by atoms with Gasteiger partial charge in [-0.25, -0.2) is 9.78 Å².